The van der Waals surface area contributed by atoms with Crippen LogP contribution in [0.15, 0.2) is 18.2 Å². The van der Waals surface area contributed by atoms with Crippen molar-refractivity contribution in [2.45, 2.75) is 78.3 Å². The minimum atomic E-state index is -1.15. The number of aromatic nitrogens is 4. The molecule has 3 aromatic rings. The van der Waals surface area contributed by atoms with Gasteiger partial charge in [-0.05, 0) is 69.4 Å². The summed E-state index contributed by atoms with van der Waals surface area (Å²) in [6, 6.07) is 6.25. The van der Waals surface area contributed by atoms with Gasteiger partial charge in [-0.2, -0.15) is 0 Å². The van der Waals surface area contributed by atoms with Gasteiger partial charge in [0.25, 0.3) is 0 Å². The minimum Gasteiger partial charge on any atom is -0.496 e. The lowest BCUT2D eigenvalue weighted by atomic mass is 9.80. The summed E-state index contributed by atoms with van der Waals surface area (Å²) in [5, 5.41) is 13.3. The van der Waals surface area contributed by atoms with Gasteiger partial charge in [0.05, 0.1) is 12.7 Å². The van der Waals surface area contributed by atoms with Crippen molar-refractivity contribution in [1.82, 2.24) is 19.5 Å². The van der Waals surface area contributed by atoms with Gasteiger partial charge in [-0.3, -0.25) is 0 Å². The van der Waals surface area contributed by atoms with Crippen LogP contribution in [-0.2, 0) is 6.54 Å². The Morgan fingerprint density at radius 2 is 1.92 bits per heavy atom. The second-order valence-electron chi connectivity index (χ2n) is 10.9. The van der Waals surface area contributed by atoms with E-state index in [2.05, 4.69) is 39.8 Å². The van der Waals surface area contributed by atoms with Gasteiger partial charge in [0.2, 0.25) is 5.82 Å². The molecule has 0 radical (unpaired) electrons. The number of carbonyl (C=O) groups is 1. The zero-order valence-corrected chi connectivity index (χ0v) is 21.8. The zero-order valence-electron chi connectivity index (χ0n) is 21.8. The third-order valence-corrected chi connectivity index (χ3v) is 8.19. The van der Waals surface area contributed by atoms with Crippen molar-refractivity contribution in [2.75, 3.05) is 12.4 Å². The van der Waals surface area contributed by atoms with E-state index in [4.69, 9.17) is 9.72 Å². The summed E-state index contributed by atoms with van der Waals surface area (Å²) in [6.07, 6.45) is 8.39. The van der Waals surface area contributed by atoms with E-state index in [0.717, 1.165) is 40.7 Å². The predicted octanol–water partition coefficient (Wildman–Crippen LogP) is 5.94. The quantitative estimate of drug-likeness (QED) is 0.402. The molecule has 0 bridgehead atoms. The molecule has 8 nitrogen and oxygen atoms in total. The maximum absolute atomic E-state index is 11.9. The van der Waals surface area contributed by atoms with Gasteiger partial charge >= 0.3 is 5.97 Å². The number of benzene rings is 1. The van der Waals surface area contributed by atoms with Crippen LogP contribution in [0.2, 0.25) is 0 Å². The van der Waals surface area contributed by atoms with E-state index in [1.54, 1.807) is 7.11 Å². The van der Waals surface area contributed by atoms with Gasteiger partial charge in [0, 0.05) is 12.6 Å². The van der Waals surface area contributed by atoms with Crippen molar-refractivity contribution < 1.29 is 14.6 Å². The van der Waals surface area contributed by atoms with Crippen molar-refractivity contribution in [3.05, 3.63) is 29.6 Å². The summed E-state index contributed by atoms with van der Waals surface area (Å²) in [5.74, 6) is 2.51. The number of nitrogens with zero attached hydrogens (tertiary/aromatic N) is 4. The third kappa shape index (κ3) is 4.77. The number of anilines is 1. The van der Waals surface area contributed by atoms with Crippen molar-refractivity contribution in [3.8, 4) is 17.1 Å². The molecule has 8 heteroatoms. The average Bonchev–Trinajstić information content (AvgIpc) is 3.17. The fraction of sp³-hybridized carbons (Fsp3) is 0.571. The third-order valence-electron chi connectivity index (χ3n) is 8.19. The molecule has 0 saturated heterocycles. The van der Waals surface area contributed by atoms with Crippen LogP contribution in [0.3, 0.4) is 0 Å². The lowest BCUT2D eigenvalue weighted by Gasteiger charge is -2.32. The fourth-order valence-corrected chi connectivity index (χ4v) is 5.66. The number of carboxylic acids is 1. The van der Waals surface area contributed by atoms with Crippen molar-refractivity contribution in [2.24, 2.45) is 17.8 Å². The number of hydrogen-bond donors (Lipinski definition) is 2. The van der Waals surface area contributed by atoms with Gasteiger partial charge in [-0.15, -0.1) is 0 Å². The number of fused-ring (bicyclic) bond motifs is 1. The van der Waals surface area contributed by atoms with E-state index in [1.165, 1.54) is 44.9 Å². The molecule has 192 valence electrons. The summed E-state index contributed by atoms with van der Waals surface area (Å²) >= 11 is 0. The highest BCUT2D eigenvalue weighted by Gasteiger charge is 2.29. The van der Waals surface area contributed by atoms with Gasteiger partial charge in [-0.25, -0.2) is 19.7 Å². The van der Waals surface area contributed by atoms with Crippen LogP contribution in [0.5, 0.6) is 5.75 Å². The molecule has 1 atom stereocenters. The SMILES string of the molecule is COc1ccc(C)cc1-c1nc2nc(C(=O)O)nc(N[C@H](C)C3CCC3)c2n1C[C@H]1CC[C@H](C)CC1. The second-order valence-corrected chi connectivity index (χ2v) is 10.9. The summed E-state index contributed by atoms with van der Waals surface area (Å²) in [7, 11) is 1.67. The molecule has 2 aromatic heterocycles. The molecular weight excluding hydrogens is 454 g/mol. The van der Waals surface area contributed by atoms with E-state index in [1.807, 2.05) is 19.1 Å². The Kier molecular flexibility index (Phi) is 6.86. The Morgan fingerprint density at radius 3 is 2.56 bits per heavy atom. The van der Waals surface area contributed by atoms with E-state index in [-0.39, 0.29) is 11.9 Å². The summed E-state index contributed by atoms with van der Waals surface area (Å²) in [5.41, 5.74) is 3.18. The Balaban J connectivity index is 1.69. The number of ether oxygens (including phenoxy) is 1. The van der Waals surface area contributed by atoms with Gasteiger partial charge in [0.1, 0.15) is 17.1 Å². The first-order valence-electron chi connectivity index (χ1n) is 13.3. The Bertz CT molecular complexity index is 1260. The van der Waals surface area contributed by atoms with Crippen LogP contribution in [0.4, 0.5) is 5.82 Å². The molecule has 0 spiro atoms. The fourth-order valence-electron chi connectivity index (χ4n) is 5.66. The number of aryl methyl sites for hydroxylation is 1. The molecule has 5 rings (SSSR count). The molecule has 0 unspecified atom stereocenters. The first kappa shape index (κ1) is 24.5. The number of rotatable bonds is 8. The summed E-state index contributed by atoms with van der Waals surface area (Å²) in [6.45, 7) is 7.33. The maximum Gasteiger partial charge on any atom is 0.374 e. The minimum absolute atomic E-state index is 0.189. The molecule has 1 aromatic carbocycles. The highest BCUT2D eigenvalue weighted by Crippen LogP contribution is 2.38. The number of imidazole rings is 1. The normalized spacial score (nSPS) is 21.2. The van der Waals surface area contributed by atoms with Crippen molar-refractivity contribution in [3.63, 3.8) is 0 Å². The second kappa shape index (κ2) is 10.1. The van der Waals surface area contributed by atoms with Gasteiger partial charge in [0.15, 0.2) is 11.5 Å². The van der Waals surface area contributed by atoms with Crippen LogP contribution < -0.4 is 10.1 Å². The molecule has 2 heterocycles. The molecule has 2 saturated carbocycles. The molecule has 2 aliphatic carbocycles. The zero-order chi connectivity index (χ0) is 25.4. The van der Waals surface area contributed by atoms with Crippen molar-refractivity contribution >= 4 is 23.0 Å². The smallest absolute Gasteiger partial charge is 0.374 e. The standard InChI is InChI=1S/C28H37N5O3/c1-16-8-11-19(12-9-16)15-33-23-24(29-18(3)20-6-5-7-20)30-26(28(34)35)31-25(23)32-27(33)21-14-17(2)10-13-22(21)36-4/h10,13-14,16,18-20H,5-9,11-12,15H2,1-4H3,(H,34,35)(H,29,30,31)/t16-,18-,19-/m1/s1. The van der Waals surface area contributed by atoms with E-state index >= 15 is 0 Å². The number of carboxylic acid groups (broad SMARTS) is 1. The lowest BCUT2D eigenvalue weighted by Crippen LogP contribution is -2.31. The first-order chi connectivity index (χ1) is 17.3. The molecule has 0 aliphatic heterocycles. The van der Waals surface area contributed by atoms with Gasteiger partial charge < -0.3 is 19.7 Å². The van der Waals surface area contributed by atoms with Crippen LogP contribution in [-0.4, -0.2) is 43.7 Å². The van der Waals surface area contributed by atoms with Crippen molar-refractivity contribution in [1.29, 1.82) is 0 Å². The van der Waals surface area contributed by atoms with E-state index in [9.17, 15) is 9.90 Å². The number of hydrogen-bond acceptors (Lipinski definition) is 6. The molecule has 2 N–H and O–H groups in total. The monoisotopic (exact) mass is 491 g/mol. The molecule has 0 amide bonds. The van der Waals surface area contributed by atoms with Crippen LogP contribution in [0.1, 0.15) is 75.0 Å². The predicted molar refractivity (Wildman–Crippen MR) is 141 cm³/mol. The summed E-state index contributed by atoms with van der Waals surface area (Å²) in [4.78, 5) is 25.8. The molecular formula is C28H37N5O3. The maximum atomic E-state index is 11.9. The number of nitrogens with one attached hydrogen (secondary N) is 1. The first-order valence-corrected chi connectivity index (χ1v) is 13.3. The average molecular weight is 492 g/mol. The summed E-state index contributed by atoms with van der Waals surface area (Å²) < 4.78 is 7.94. The van der Waals surface area contributed by atoms with Crippen LogP contribution in [0, 0.1) is 24.7 Å². The van der Waals surface area contributed by atoms with E-state index in [0.29, 0.717) is 23.3 Å². The van der Waals surface area contributed by atoms with Crippen LogP contribution >= 0.6 is 0 Å². The topological polar surface area (TPSA) is 102 Å². The molecule has 36 heavy (non-hydrogen) atoms. The highest BCUT2D eigenvalue weighted by molar-refractivity contribution is 5.92. The number of methoxy groups -OCH3 is 1. The Hall–Kier alpha value is -3.16. The lowest BCUT2D eigenvalue weighted by molar-refractivity contribution is 0.0684. The highest BCUT2D eigenvalue weighted by atomic mass is 16.5. The van der Waals surface area contributed by atoms with Gasteiger partial charge in [-0.1, -0.05) is 37.8 Å². The largest absolute Gasteiger partial charge is 0.496 e. The Labute approximate surface area is 212 Å². The number of aromatic carboxylic acids is 1. The molecule has 2 fully saturated rings. The Morgan fingerprint density at radius 1 is 1.17 bits per heavy atom. The van der Waals surface area contributed by atoms with Crippen LogP contribution in [0.25, 0.3) is 22.6 Å². The molecule has 2 aliphatic rings. The van der Waals surface area contributed by atoms with E-state index < -0.39 is 5.97 Å².